The van der Waals surface area contributed by atoms with Gasteiger partial charge in [0.05, 0.1) is 6.04 Å². The summed E-state index contributed by atoms with van der Waals surface area (Å²) in [5, 5.41) is 3.62. The van der Waals surface area contributed by atoms with Gasteiger partial charge in [-0.05, 0) is 23.3 Å². The summed E-state index contributed by atoms with van der Waals surface area (Å²) in [6.45, 7) is 0.691. The second-order valence-electron chi connectivity index (χ2n) is 5.08. The number of rotatable bonds is 4. The molecule has 0 bridgehead atoms. The zero-order chi connectivity index (χ0) is 15.4. The highest BCUT2D eigenvalue weighted by Gasteiger charge is 2.26. The van der Waals surface area contributed by atoms with Gasteiger partial charge in [0, 0.05) is 10.9 Å². The summed E-state index contributed by atoms with van der Waals surface area (Å²) in [6, 6.07) is 15.4. The van der Waals surface area contributed by atoms with E-state index in [1.807, 2.05) is 48.5 Å². The molecule has 2 aromatic carbocycles. The number of hydrogen-bond acceptors (Lipinski definition) is 3. The van der Waals surface area contributed by atoms with Crippen LogP contribution >= 0.6 is 15.9 Å². The van der Waals surface area contributed by atoms with Crippen molar-refractivity contribution in [2.24, 2.45) is 0 Å². The smallest absolute Gasteiger partial charge is 0.408 e. The Labute approximate surface area is 137 Å². The van der Waals surface area contributed by atoms with E-state index in [1.54, 1.807) is 0 Å². The van der Waals surface area contributed by atoms with Gasteiger partial charge in [-0.2, -0.15) is 0 Å². The van der Waals surface area contributed by atoms with Crippen molar-refractivity contribution in [3.63, 3.8) is 0 Å². The van der Waals surface area contributed by atoms with Crippen molar-refractivity contribution in [3.05, 3.63) is 65.2 Å². The summed E-state index contributed by atoms with van der Waals surface area (Å²) in [4.78, 5) is 11.9. The third-order valence-corrected chi connectivity index (χ3v) is 4.16. The Balaban J connectivity index is 1.59. The number of alkyl halides is 1. The molecule has 1 aliphatic rings. The summed E-state index contributed by atoms with van der Waals surface area (Å²) in [5.74, 6) is 0.818. The van der Waals surface area contributed by atoms with Gasteiger partial charge in [-0.1, -0.05) is 52.3 Å². The Bertz CT molecular complexity index is 660. The minimum Gasteiger partial charge on any atom is -0.491 e. The monoisotopic (exact) mass is 361 g/mol. The molecule has 1 atom stereocenters. The predicted molar refractivity (Wildman–Crippen MR) is 87.1 cm³/mol. The topological polar surface area (TPSA) is 47.6 Å². The van der Waals surface area contributed by atoms with Crippen LogP contribution in [0.15, 0.2) is 48.5 Å². The maximum Gasteiger partial charge on any atom is 0.408 e. The predicted octanol–water partition coefficient (Wildman–Crippen LogP) is 3.94. The Kier molecular flexibility index (Phi) is 4.63. The number of amides is 1. The number of carbonyl (C=O) groups is 1. The van der Waals surface area contributed by atoms with Crippen LogP contribution in [0, 0.1) is 0 Å². The molecule has 0 unspecified atom stereocenters. The van der Waals surface area contributed by atoms with E-state index in [2.05, 4.69) is 21.2 Å². The third kappa shape index (κ3) is 3.42. The van der Waals surface area contributed by atoms with Crippen molar-refractivity contribution in [2.75, 3.05) is 6.61 Å². The van der Waals surface area contributed by atoms with Crippen molar-refractivity contribution in [1.82, 2.24) is 5.32 Å². The van der Waals surface area contributed by atoms with Crippen LogP contribution in [-0.2, 0) is 16.7 Å². The zero-order valence-corrected chi connectivity index (χ0v) is 13.5. The summed E-state index contributed by atoms with van der Waals surface area (Å²) >= 11 is 3.43. The average molecular weight is 362 g/mol. The van der Waals surface area contributed by atoms with Crippen molar-refractivity contribution in [3.8, 4) is 5.75 Å². The van der Waals surface area contributed by atoms with Crippen molar-refractivity contribution in [1.29, 1.82) is 0 Å². The second-order valence-corrected chi connectivity index (χ2v) is 5.64. The quantitative estimate of drug-likeness (QED) is 0.839. The molecule has 2 aromatic rings. The van der Waals surface area contributed by atoms with E-state index in [-0.39, 0.29) is 12.6 Å². The Hall–Kier alpha value is -2.01. The lowest BCUT2D eigenvalue weighted by Gasteiger charge is -2.12. The SMILES string of the molecule is O=C(N[C@H]1COc2ccc(CBr)cc21)OCc1ccccc1. The van der Waals surface area contributed by atoms with Gasteiger partial charge in [0.1, 0.15) is 19.0 Å². The minimum atomic E-state index is -0.436. The number of alkyl carbamates (subject to hydrolysis) is 1. The number of halogens is 1. The number of ether oxygens (including phenoxy) is 2. The molecule has 0 aromatic heterocycles. The molecule has 1 heterocycles. The van der Waals surface area contributed by atoms with Crippen LogP contribution < -0.4 is 10.1 Å². The molecule has 0 radical (unpaired) electrons. The van der Waals surface area contributed by atoms with E-state index < -0.39 is 6.09 Å². The van der Waals surface area contributed by atoms with Gasteiger partial charge in [-0.3, -0.25) is 0 Å². The third-order valence-electron chi connectivity index (χ3n) is 3.51. The molecule has 5 heteroatoms. The minimum absolute atomic E-state index is 0.169. The first-order valence-electron chi connectivity index (χ1n) is 7.05. The maximum atomic E-state index is 11.9. The van der Waals surface area contributed by atoms with Gasteiger partial charge in [0.15, 0.2) is 0 Å². The molecule has 114 valence electrons. The summed E-state index contributed by atoms with van der Waals surface area (Å²) in [6.07, 6.45) is -0.436. The fraction of sp³-hybridized carbons (Fsp3) is 0.235. The highest BCUT2D eigenvalue weighted by Crippen LogP contribution is 2.33. The van der Waals surface area contributed by atoms with Crippen LogP contribution in [0.3, 0.4) is 0 Å². The number of benzene rings is 2. The zero-order valence-electron chi connectivity index (χ0n) is 11.9. The average Bonchev–Trinajstić information content (AvgIpc) is 2.96. The lowest BCUT2D eigenvalue weighted by Crippen LogP contribution is -2.29. The lowest BCUT2D eigenvalue weighted by atomic mass is 10.1. The molecule has 0 fully saturated rings. The molecule has 1 amide bonds. The van der Waals surface area contributed by atoms with E-state index in [0.717, 1.165) is 27.8 Å². The second kappa shape index (κ2) is 6.83. The van der Waals surface area contributed by atoms with Crippen LogP contribution in [0.2, 0.25) is 0 Å². The van der Waals surface area contributed by atoms with Crippen LogP contribution in [0.4, 0.5) is 4.79 Å². The fourth-order valence-electron chi connectivity index (χ4n) is 2.37. The lowest BCUT2D eigenvalue weighted by molar-refractivity contribution is 0.133. The van der Waals surface area contributed by atoms with E-state index in [9.17, 15) is 4.79 Å². The number of hydrogen-bond donors (Lipinski definition) is 1. The van der Waals surface area contributed by atoms with Gasteiger partial charge >= 0.3 is 6.09 Å². The molecule has 0 spiro atoms. The Morgan fingerprint density at radius 1 is 1.23 bits per heavy atom. The molecule has 0 saturated heterocycles. The Morgan fingerprint density at radius 2 is 2.05 bits per heavy atom. The van der Waals surface area contributed by atoms with Crippen LogP contribution in [0.5, 0.6) is 5.75 Å². The van der Waals surface area contributed by atoms with E-state index in [0.29, 0.717) is 6.61 Å². The van der Waals surface area contributed by atoms with E-state index in [1.165, 1.54) is 0 Å². The van der Waals surface area contributed by atoms with E-state index in [4.69, 9.17) is 9.47 Å². The van der Waals surface area contributed by atoms with Gasteiger partial charge in [-0.25, -0.2) is 4.79 Å². The molecule has 1 aliphatic heterocycles. The molecule has 0 saturated carbocycles. The van der Waals surface area contributed by atoms with Gasteiger partial charge in [-0.15, -0.1) is 0 Å². The first-order valence-corrected chi connectivity index (χ1v) is 8.17. The van der Waals surface area contributed by atoms with Crippen LogP contribution in [0.25, 0.3) is 0 Å². The highest BCUT2D eigenvalue weighted by atomic mass is 79.9. The molecule has 3 rings (SSSR count). The fourth-order valence-corrected chi connectivity index (χ4v) is 2.72. The molecule has 1 N–H and O–H groups in total. The summed E-state index contributed by atoms with van der Waals surface area (Å²) in [5.41, 5.74) is 3.10. The molecular weight excluding hydrogens is 346 g/mol. The van der Waals surface area contributed by atoms with Crippen molar-refractivity contribution in [2.45, 2.75) is 18.0 Å². The molecule has 4 nitrogen and oxygen atoms in total. The normalized spacial score (nSPS) is 15.8. The highest BCUT2D eigenvalue weighted by molar-refractivity contribution is 9.08. The standard InChI is InChI=1S/C17H16BrNO3/c18-9-13-6-7-16-14(8-13)15(11-21-16)19-17(20)22-10-12-4-2-1-3-5-12/h1-8,15H,9-11H2,(H,19,20)/t15-/m0/s1. The summed E-state index contributed by atoms with van der Waals surface area (Å²) < 4.78 is 10.8. The number of fused-ring (bicyclic) bond motifs is 1. The van der Waals surface area contributed by atoms with Gasteiger partial charge in [0.25, 0.3) is 0 Å². The van der Waals surface area contributed by atoms with Crippen molar-refractivity contribution < 1.29 is 14.3 Å². The first-order chi connectivity index (χ1) is 10.8. The summed E-state index contributed by atoms with van der Waals surface area (Å²) in [7, 11) is 0. The van der Waals surface area contributed by atoms with Gasteiger partial charge in [0.2, 0.25) is 0 Å². The maximum absolute atomic E-state index is 11.9. The van der Waals surface area contributed by atoms with Crippen LogP contribution in [-0.4, -0.2) is 12.7 Å². The molecule has 22 heavy (non-hydrogen) atoms. The van der Waals surface area contributed by atoms with Gasteiger partial charge < -0.3 is 14.8 Å². The van der Waals surface area contributed by atoms with Crippen molar-refractivity contribution >= 4 is 22.0 Å². The first kappa shape index (κ1) is 14.9. The molecule has 0 aliphatic carbocycles. The largest absolute Gasteiger partial charge is 0.491 e. The Morgan fingerprint density at radius 3 is 2.82 bits per heavy atom. The number of nitrogens with one attached hydrogen (secondary N) is 1. The molecular formula is C17H16BrNO3. The van der Waals surface area contributed by atoms with Crippen LogP contribution in [0.1, 0.15) is 22.7 Å². The number of carbonyl (C=O) groups excluding carboxylic acids is 1. The van der Waals surface area contributed by atoms with E-state index >= 15 is 0 Å².